The highest BCUT2D eigenvalue weighted by molar-refractivity contribution is 7.91. The summed E-state index contributed by atoms with van der Waals surface area (Å²) in [7, 11) is -3.57. The minimum atomic E-state index is -3.57. The first-order chi connectivity index (χ1) is 13.4. The topological polar surface area (TPSA) is 98.8 Å². The van der Waals surface area contributed by atoms with Crippen LogP contribution in [0.3, 0.4) is 0 Å². The highest BCUT2D eigenvalue weighted by Gasteiger charge is 2.17. The molecule has 2 rings (SSSR count). The predicted octanol–water partition coefficient (Wildman–Crippen LogP) is 1.90. The number of hydrogen-bond acceptors (Lipinski definition) is 6. The molecular weight excluding hydrogens is 382 g/mol. The summed E-state index contributed by atoms with van der Waals surface area (Å²) in [6.45, 7) is 1.92. The molecule has 0 heterocycles. The third-order valence-electron chi connectivity index (χ3n) is 3.76. The number of benzene rings is 2. The van der Waals surface area contributed by atoms with E-state index in [1.54, 1.807) is 24.3 Å². The standard InChI is InChI=1S/C20H23NO6S/c1-16-7-9-18(10-8-16)28(24,25)14-11-20(23)27-15-19(22)21-12-13-26-17-5-3-2-4-6-17/h2-10H,11-15H2,1H3,(H,21,22). The van der Waals surface area contributed by atoms with E-state index in [9.17, 15) is 18.0 Å². The second-order valence-electron chi connectivity index (χ2n) is 6.05. The first kappa shape index (κ1) is 21.4. The summed E-state index contributed by atoms with van der Waals surface area (Å²) in [5.74, 6) is -0.905. The number of hydrogen-bond donors (Lipinski definition) is 1. The Hall–Kier alpha value is -2.87. The van der Waals surface area contributed by atoms with Crippen LogP contribution in [0.4, 0.5) is 0 Å². The van der Waals surface area contributed by atoms with Gasteiger partial charge in [0.1, 0.15) is 12.4 Å². The number of esters is 1. The minimum Gasteiger partial charge on any atom is -0.492 e. The molecule has 8 heteroatoms. The quantitative estimate of drug-likeness (QED) is 0.479. The summed E-state index contributed by atoms with van der Waals surface area (Å²) in [4.78, 5) is 23.5. The van der Waals surface area contributed by atoms with Gasteiger partial charge in [-0.3, -0.25) is 9.59 Å². The fraction of sp³-hybridized carbons (Fsp3) is 0.300. The number of sulfone groups is 1. The molecule has 0 fully saturated rings. The second-order valence-corrected chi connectivity index (χ2v) is 8.16. The van der Waals surface area contributed by atoms with E-state index in [1.165, 1.54) is 12.1 Å². The average molecular weight is 405 g/mol. The Balaban J connectivity index is 1.63. The summed E-state index contributed by atoms with van der Waals surface area (Å²) in [6, 6.07) is 15.5. The second kappa shape index (κ2) is 10.5. The molecular formula is C20H23NO6S. The molecule has 0 saturated heterocycles. The van der Waals surface area contributed by atoms with Gasteiger partial charge in [0.25, 0.3) is 5.91 Å². The number of ether oxygens (including phenoxy) is 2. The molecule has 0 aliphatic heterocycles. The zero-order valence-corrected chi connectivity index (χ0v) is 16.4. The average Bonchev–Trinajstić information content (AvgIpc) is 2.69. The Morgan fingerprint density at radius 2 is 1.68 bits per heavy atom. The summed E-state index contributed by atoms with van der Waals surface area (Å²) < 4.78 is 34.6. The highest BCUT2D eigenvalue weighted by Crippen LogP contribution is 2.13. The largest absolute Gasteiger partial charge is 0.492 e. The number of para-hydroxylation sites is 1. The molecule has 0 radical (unpaired) electrons. The van der Waals surface area contributed by atoms with Crippen LogP contribution in [0, 0.1) is 6.92 Å². The van der Waals surface area contributed by atoms with E-state index < -0.39 is 28.3 Å². The van der Waals surface area contributed by atoms with Gasteiger partial charge < -0.3 is 14.8 Å². The van der Waals surface area contributed by atoms with Gasteiger partial charge >= 0.3 is 5.97 Å². The number of carbonyl (C=O) groups excluding carboxylic acids is 2. The molecule has 1 amide bonds. The van der Waals surface area contributed by atoms with Crippen LogP contribution in [0.15, 0.2) is 59.5 Å². The minimum absolute atomic E-state index is 0.155. The van der Waals surface area contributed by atoms with Crippen molar-refractivity contribution in [2.24, 2.45) is 0 Å². The Bertz CT molecular complexity index is 879. The maximum atomic E-state index is 12.2. The van der Waals surface area contributed by atoms with Crippen LogP contribution in [-0.4, -0.2) is 45.8 Å². The number of rotatable bonds is 10. The molecule has 0 saturated carbocycles. The molecule has 7 nitrogen and oxygen atoms in total. The van der Waals surface area contributed by atoms with Crippen LogP contribution in [-0.2, 0) is 24.2 Å². The van der Waals surface area contributed by atoms with Crippen LogP contribution in [0.1, 0.15) is 12.0 Å². The van der Waals surface area contributed by atoms with E-state index in [0.717, 1.165) is 5.56 Å². The molecule has 150 valence electrons. The van der Waals surface area contributed by atoms with Gasteiger partial charge in [-0.1, -0.05) is 35.9 Å². The Morgan fingerprint density at radius 1 is 1.00 bits per heavy atom. The van der Waals surface area contributed by atoms with Crippen LogP contribution in [0.25, 0.3) is 0 Å². The summed E-state index contributed by atoms with van der Waals surface area (Å²) in [5.41, 5.74) is 0.943. The fourth-order valence-electron chi connectivity index (χ4n) is 2.23. The number of amides is 1. The van der Waals surface area contributed by atoms with Gasteiger partial charge in [0.15, 0.2) is 16.4 Å². The van der Waals surface area contributed by atoms with Gasteiger partial charge in [0.05, 0.1) is 23.6 Å². The van der Waals surface area contributed by atoms with Gasteiger partial charge in [0.2, 0.25) is 0 Å². The van der Waals surface area contributed by atoms with Gasteiger partial charge in [0, 0.05) is 0 Å². The van der Waals surface area contributed by atoms with Gasteiger partial charge in [-0.15, -0.1) is 0 Å². The van der Waals surface area contributed by atoms with Crippen LogP contribution >= 0.6 is 0 Å². The Morgan fingerprint density at radius 3 is 2.36 bits per heavy atom. The first-order valence-corrected chi connectivity index (χ1v) is 10.4. The summed E-state index contributed by atoms with van der Waals surface area (Å²) >= 11 is 0. The van der Waals surface area contributed by atoms with E-state index in [-0.39, 0.29) is 30.2 Å². The third-order valence-corrected chi connectivity index (χ3v) is 5.49. The lowest BCUT2D eigenvalue weighted by atomic mass is 10.2. The van der Waals surface area contributed by atoms with Gasteiger partial charge in [-0.2, -0.15) is 0 Å². The fourth-order valence-corrected chi connectivity index (χ4v) is 3.45. The Kier molecular flexibility index (Phi) is 8.01. The monoisotopic (exact) mass is 405 g/mol. The molecule has 2 aromatic carbocycles. The third kappa shape index (κ3) is 7.40. The lowest BCUT2D eigenvalue weighted by Crippen LogP contribution is -2.32. The normalized spacial score (nSPS) is 10.9. The van der Waals surface area contributed by atoms with Crippen molar-refractivity contribution in [3.63, 3.8) is 0 Å². The predicted molar refractivity (Wildman–Crippen MR) is 104 cm³/mol. The van der Waals surface area contributed by atoms with Crippen molar-refractivity contribution < 1.29 is 27.5 Å². The van der Waals surface area contributed by atoms with E-state index in [0.29, 0.717) is 5.75 Å². The van der Waals surface area contributed by atoms with E-state index in [1.807, 2.05) is 25.1 Å². The Labute approximate surface area is 164 Å². The van der Waals surface area contributed by atoms with Gasteiger partial charge in [-0.25, -0.2) is 8.42 Å². The number of nitrogens with one attached hydrogen (secondary N) is 1. The molecule has 0 spiro atoms. The maximum absolute atomic E-state index is 12.2. The van der Waals surface area contributed by atoms with Crippen molar-refractivity contribution in [3.8, 4) is 5.75 Å². The maximum Gasteiger partial charge on any atom is 0.307 e. The summed E-state index contributed by atoms with van der Waals surface area (Å²) in [6.07, 6.45) is -0.319. The zero-order valence-electron chi connectivity index (χ0n) is 15.6. The van der Waals surface area contributed by atoms with Crippen molar-refractivity contribution in [3.05, 3.63) is 60.2 Å². The van der Waals surface area contributed by atoms with E-state index in [4.69, 9.17) is 9.47 Å². The van der Waals surface area contributed by atoms with E-state index in [2.05, 4.69) is 5.32 Å². The molecule has 0 aliphatic rings. The molecule has 0 atom stereocenters. The van der Waals surface area contributed by atoms with Crippen LogP contribution in [0.2, 0.25) is 0 Å². The molecule has 0 unspecified atom stereocenters. The smallest absolute Gasteiger partial charge is 0.307 e. The number of carbonyl (C=O) groups is 2. The number of aryl methyl sites for hydroxylation is 1. The lowest BCUT2D eigenvalue weighted by Gasteiger charge is -2.08. The highest BCUT2D eigenvalue weighted by atomic mass is 32.2. The summed E-state index contributed by atoms with van der Waals surface area (Å²) in [5, 5.41) is 2.55. The van der Waals surface area contributed by atoms with Crippen molar-refractivity contribution in [2.75, 3.05) is 25.5 Å². The van der Waals surface area contributed by atoms with Crippen LogP contribution < -0.4 is 10.1 Å². The van der Waals surface area contributed by atoms with Crippen LogP contribution in [0.5, 0.6) is 5.75 Å². The molecule has 0 aromatic heterocycles. The van der Waals surface area contributed by atoms with E-state index >= 15 is 0 Å². The SMILES string of the molecule is Cc1ccc(S(=O)(=O)CCC(=O)OCC(=O)NCCOc2ccccc2)cc1. The molecule has 2 aromatic rings. The molecule has 0 bridgehead atoms. The zero-order chi connectivity index (χ0) is 20.4. The first-order valence-electron chi connectivity index (χ1n) is 8.76. The lowest BCUT2D eigenvalue weighted by molar-refractivity contribution is -0.148. The van der Waals surface area contributed by atoms with Crippen molar-refractivity contribution in [2.45, 2.75) is 18.2 Å². The van der Waals surface area contributed by atoms with Crippen molar-refractivity contribution in [1.82, 2.24) is 5.32 Å². The van der Waals surface area contributed by atoms with Crippen molar-refractivity contribution >= 4 is 21.7 Å². The van der Waals surface area contributed by atoms with Crippen molar-refractivity contribution in [1.29, 1.82) is 0 Å². The molecule has 1 N–H and O–H groups in total. The molecule has 0 aliphatic carbocycles. The molecule has 28 heavy (non-hydrogen) atoms. The van der Waals surface area contributed by atoms with Gasteiger partial charge in [-0.05, 0) is 31.2 Å².